The van der Waals surface area contributed by atoms with Gasteiger partial charge in [0.15, 0.2) is 0 Å². The largest absolute Gasteiger partial charge is 0.369 e. The van der Waals surface area contributed by atoms with E-state index in [4.69, 9.17) is 5.73 Å². The minimum absolute atomic E-state index is 0.103. The number of rotatable bonds is 4. The van der Waals surface area contributed by atoms with Crippen LogP contribution in [0.1, 0.15) is 72.1 Å². The van der Waals surface area contributed by atoms with Crippen LogP contribution in [0.5, 0.6) is 0 Å². The first kappa shape index (κ1) is 16.8. The molecule has 0 radical (unpaired) electrons. The van der Waals surface area contributed by atoms with Crippen molar-refractivity contribution in [2.24, 2.45) is 28.9 Å². The third kappa shape index (κ3) is 4.98. The quantitative estimate of drug-likeness (QED) is 0.834. The molecule has 1 amide bonds. The molecule has 0 saturated heterocycles. The van der Waals surface area contributed by atoms with Gasteiger partial charge < -0.3 is 11.1 Å². The maximum absolute atomic E-state index is 11.2. The van der Waals surface area contributed by atoms with Crippen molar-refractivity contribution in [1.82, 2.24) is 5.32 Å². The van der Waals surface area contributed by atoms with Crippen molar-refractivity contribution in [3.8, 4) is 0 Å². The summed E-state index contributed by atoms with van der Waals surface area (Å²) in [4.78, 5) is 11.2. The fourth-order valence-corrected chi connectivity index (χ4v) is 4.15. The summed E-state index contributed by atoms with van der Waals surface area (Å²) in [6.45, 7) is 8.32. The van der Waals surface area contributed by atoms with Crippen LogP contribution in [-0.2, 0) is 4.79 Å². The van der Waals surface area contributed by atoms with E-state index in [2.05, 4.69) is 26.1 Å². The molecule has 0 spiro atoms. The third-order valence-corrected chi connectivity index (χ3v) is 5.90. The average Bonchev–Trinajstić information content (AvgIpc) is 2.45. The van der Waals surface area contributed by atoms with Crippen LogP contribution in [0.4, 0.5) is 0 Å². The van der Waals surface area contributed by atoms with Crippen LogP contribution < -0.4 is 11.1 Å². The molecule has 122 valence electrons. The number of carbonyl (C=O) groups is 1. The normalized spacial score (nSPS) is 34.6. The van der Waals surface area contributed by atoms with Crippen LogP contribution in [0, 0.1) is 23.2 Å². The lowest BCUT2D eigenvalue weighted by Gasteiger charge is -2.37. The predicted molar refractivity (Wildman–Crippen MR) is 87.8 cm³/mol. The first-order valence-corrected chi connectivity index (χ1v) is 8.89. The Balaban J connectivity index is 1.63. The number of hydrogen-bond acceptors (Lipinski definition) is 2. The molecule has 3 heteroatoms. The van der Waals surface area contributed by atoms with Crippen molar-refractivity contribution in [1.29, 1.82) is 0 Å². The highest BCUT2D eigenvalue weighted by atomic mass is 16.1. The van der Waals surface area contributed by atoms with Crippen LogP contribution >= 0.6 is 0 Å². The van der Waals surface area contributed by atoms with Crippen molar-refractivity contribution < 1.29 is 4.79 Å². The van der Waals surface area contributed by atoms with Gasteiger partial charge in [-0.3, -0.25) is 4.79 Å². The highest BCUT2D eigenvalue weighted by Crippen LogP contribution is 2.39. The maximum atomic E-state index is 11.2. The van der Waals surface area contributed by atoms with E-state index in [9.17, 15) is 4.79 Å². The van der Waals surface area contributed by atoms with Crippen LogP contribution in [0.15, 0.2) is 0 Å². The van der Waals surface area contributed by atoms with Gasteiger partial charge >= 0.3 is 0 Å². The van der Waals surface area contributed by atoms with Crippen LogP contribution in [0.3, 0.4) is 0 Å². The molecule has 2 rings (SSSR count). The zero-order valence-corrected chi connectivity index (χ0v) is 14.2. The van der Waals surface area contributed by atoms with Gasteiger partial charge in [0.2, 0.25) is 5.91 Å². The van der Waals surface area contributed by atoms with Gasteiger partial charge in [-0.15, -0.1) is 0 Å². The summed E-state index contributed by atoms with van der Waals surface area (Å²) in [5.41, 5.74) is 5.87. The van der Waals surface area contributed by atoms with Crippen molar-refractivity contribution in [2.45, 2.75) is 78.2 Å². The molecule has 0 atom stereocenters. The number of nitrogens with two attached hydrogens (primary N) is 1. The summed E-state index contributed by atoms with van der Waals surface area (Å²) in [5.74, 6) is 1.79. The van der Waals surface area contributed by atoms with Gasteiger partial charge in [0.25, 0.3) is 0 Å². The first-order chi connectivity index (χ1) is 9.86. The second-order valence-electron chi connectivity index (χ2n) is 8.44. The van der Waals surface area contributed by atoms with Crippen molar-refractivity contribution in [2.75, 3.05) is 6.54 Å². The van der Waals surface area contributed by atoms with Gasteiger partial charge in [0, 0.05) is 12.0 Å². The lowest BCUT2D eigenvalue weighted by Crippen LogP contribution is -2.39. The average molecular weight is 294 g/mol. The maximum Gasteiger partial charge on any atom is 0.220 e. The molecule has 2 aliphatic rings. The molecule has 0 heterocycles. The standard InChI is InChI=1S/C18H34N2O/c1-18(2,3)15-8-4-13(5-9-15)12-20-16-10-6-14(7-11-16)17(19)21/h13-16,20H,4-12H2,1-3H3,(H2,19,21). The minimum atomic E-state index is -0.103. The Labute approximate surface area is 130 Å². The van der Waals surface area contributed by atoms with E-state index in [0.29, 0.717) is 11.5 Å². The van der Waals surface area contributed by atoms with Gasteiger partial charge in [0.05, 0.1) is 0 Å². The third-order valence-electron chi connectivity index (χ3n) is 5.90. The lowest BCUT2D eigenvalue weighted by atomic mass is 9.70. The van der Waals surface area contributed by atoms with E-state index in [-0.39, 0.29) is 11.8 Å². The van der Waals surface area contributed by atoms with Crippen LogP contribution in [-0.4, -0.2) is 18.5 Å². The van der Waals surface area contributed by atoms with E-state index < -0.39 is 0 Å². The van der Waals surface area contributed by atoms with Crippen molar-refractivity contribution >= 4 is 5.91 Å². The molecule has 21 heavy (non-hydrogen) atoms. The summed E-state index contributed by atoms with van der Waals surface area (Å²) in [5, 5.41) is 3.75. The number of primary amides is 1. The second-order valence-corrected chi connectivity index (χ2v) is 8.44. The zero-order chi connectivity index (χ0) is 15.5. The van der Waals surface area contributed by atoms with E-state index >= 15 is 0 Å². The molecule has 0 aromatic rings. The summed E-state index contributed by atoms with van der Waals surface area (Å²) in [6, 6.07) is 0.612. The van der Waals surface area contributed by atoms with Gasteiger partial charge in [0.1, 0.15) is 0 Å². The Bertz CT molecular complexity index is 332. The molecule has 0 aromatic carbocycles. The Kier molecular flexibility index (Phi) is 5.70. The Morgan fingerprint density at radius 3 is 2.05 bits per heavy atom. The van der Waals surface area contributed by atoms with Gasteiger partial charge in [-0.05, 0) is 75.2 Å². The number of hydrogen-bond donors (Lipinski definition) is 2. The summed E-state index contributed by atoms with van der Waals surface area (Å²) in [7, 11) is 0. The Morgan fingerprint density at radius 2 is 1.57 bits per heavy atom. The highest BCUT2D eigenvalue weighted by Gasteiger charge is 2.30. The summed E-state index contributed by atoms with van der Waals surface area (Å²) in [6.07, 6.45) is 9.73. The molecule has 3 nitrogen and oxygen atoms in total. The zero-order valence-electron chi connectivity index (χ0n) is 14.2. The monoisotopic (exact) mass is 294 g/mol. The topological polar surface area (TPSA) is 55.1 Å². The fraction of sp³-hybridized carbons (Fsp3) is 0.944. The van der Waals surface area contributed by atoms with Crippen molar-refractivity contribution in [3.05, 3.63) is 0 Å². The smallest absolute Gasteiger partial charge is 0.220 e. The van der Waals surface area contributed by atoms with E-state index in [1.54, 1.807) is 0 Å². The molecular formula is C18H34N2O. The molecule has 0 aromatic heterocycles. The first-order valence-electron chi connectivity index (χ1n) is 8.89. The molecule has 2 aliphatic carbocycles. The molecule has 2 fully saturated rings. The minimum Gasteiger partial charge on any atom is -0.369 e. The highest BCUT2D eigenvalue weighted by molar-refractivity contribution is 5.76. The van der Waals surface area contributed by atoms with Crippen LogP contribution in [0.25, 0.3) is 0 Å². The lowest BCUT2D eigenvalue weighted by molar-refractivity contribution is -0.122. The van der Waals surface area contributed by atoms with Gasteiger partial charge in [-0.1, -0.05) is 20.8 Å². The number of carbonyl (C=O) groups excluding carboxylic acids is 1. The van der Waals surface area contributed by atoms with E-state index in [0.717, 1.165) is 37.5 Å². The second kappa shape index (κ2) is 7.13. The fourth-order valence-electron chi connectivity index (χ4n) is 4.15. The number of nitrogens with one attached hydrogen (secondary N) is 1. The number of amides is 1. The summed E-state index contributed by atoms with van der Waals surface area (Å²) < 4.78 is 0. The van der Waals surface area contributed by atoms with Crippen LogP contribution in [0.2, 0.25) is 0 Å². The summed E-state index contributed by atoms with van der Waals surface area (Å²) >= 11 is 0. The van der Waals surface area contributed by atoms with Gasteiger partial charge in [-0.2, -0.15) is 0 Å². The van der Waals surface area contributed by atoms with E-state index in [1.807, 2.05) is 0 Å². The van der Waals surface area contributed by atoms with Crippen molar-refractivity contribution in [3.63, 3.8) is 0 Å². The van der Waals surface area contributed by atoms with Gasteiger partial charge in [-0.25, -0.2) is 0 Å². The SMILES string of the molecule is CC(C)(C)C1CCC(CNC2CCC(C(N)=O)CC2)CC1. The predicted octanol–water partition coefficient (Wildman–Crippen LogP) is 3.47. The molecule has 0 aliphatic heterocycles. The Hall–Kier alpha value is -0.570. The Morgan fingerprint density at radius 1 is 1.00 bits per heavy atom. The van der Waals surface area contributed by atoms with E-state index in [1.165, 1.54) is 32.2 Å². The molecule has 3 N–H and O–H groups in total. The molecule has 2 saturated carbocycles. The molecule has 0 bridgehead atoms. The molecule has 0 unspecified atom stereocenters. The molecular weight excluding hydrogens is 260 g/mol.